The van der Waals surface area contributed by atoms with E-state index >= 15 is 0 Å². The van der Waals surface area contributed by atoms with Gasteiger partial charge in [0.2, 0.25) is 0 Å². The van der Waals surface area contributed by atoms with Gasteiger partial charge in [0, 0.05) is 30.1 Å². The molecule has 1 fully saturated rings. The first kappa shape index (κ1) is 22.2. The van der Waals surface area contributed by atoms with E-state index in [0.717, 1.165) is 6.42 Å². The molecule has 0 radical (unpaired) electrons. The maximum absolute atomic E-state index is 14.8. The van der Waals surface area contributed by atoms with Crippen molar-refractivity contribution >= 4 is 17.4 Å². The quantitative estimate of drug-likeness (QED) is 0.325. The summed E-state index contributed by atoms with van der Waals surface area (Å²) in [4.78, 5) is 31.4. The van der Waals surface area contributed by atoms with Crippen molar-refractivity contribution in [1.82, 2.24) is 9.88 Å². The third-order valence-corrected chi connectivity index (χ3v) is 5.42. The summed E-state index contributed by atoms with van der Waals surface area (Å²) in [6, 6.07) is 14.9. The number of benzene rings is 2. The Morgan fingerprint density at radius 1 is 1.09 bits per heavy atom. The van der Waals surface area contributed by atoms with Crippen molar-refractivity contribution in [2.75, 3.05) is 6.61 Å². The van der Waals surface area contributed by atoms with Crippen LogP contribution in [0.3, 0.4) is 0 Å². The zero-order valence-electron chi connectivity index (χ0n) is 18.1. The Hall–Kier alpha value is -4.00. The fourth-order valence-corrected chi connectivity index (χ4v) is 3.84. The second kappa shape index (κ2) is 9.65. The minimum atomic E-state index is -1.08. The number of likely N-dealkylation sites (tertiary alicyclic amines) is 1. The average molecular weight is 446 g/mol. The number of carbonyl (C=O) groups excluding carboxylic acids is 2. The fourth-order valence-electron chi connectivity index (χ4n) is 3.84. The molecular formula is C26H23FN2O4. The van der Waals surface area contributed by atoms with Crippen LogP contribution in [0.2, 0.25) is 0 Å². The summed E-state index contributed by atoms with van der Waals surface area (Å²) in [7, 11) is 0. The summed E-state index contributed by atoms with van der Waals surface area (Å²) >= 11 is 0. The first-order chi connectivity index (χ1) is 16.0. The number of halogens is 1. The van der Waals surface area contributed by atoms with Gasteiger partial charge in [0.25, 0.3) is 11.7 Å². The van der Waals surface area contributed by atoms with Gasteiger partial charge in [-0.25, -0.2) is 4.39 Å². The van der Waals surface area contributed by atoms with Crippen molar-refractivity contribution in [3.8, 4) is 5.75 Å². The number of carbonyl (C=O) groups is 2. The molecule has 1 aromatic heterocycles. The Morgan fingerprint density at radius 2 is 1.85 bits per heavy atom. The Bertz CT molecular complexity index is 1190. The normalized spacial score (nSPS) is 17.4. The lowest BCUT2D eigenvalue weighted by atomic mass is 9.94. The molecule has 1 aliphatic heterocycles. The Labute approximate surface area is 191 Å². The van der Waals surface area contributed by atoms with Gasteiger partial charge in [-0.3, -0.25) is 14.6 Å². The van der Waals surface area contributed by atoms with Crippen LogP contribution >= 0.6 is 0 Å². The molecule has 7 heteroatoms. The van der Waals surface area contributed by atoms with Crippen molar-refractivity contribution < 1.29 is 23.8 Å². The molecule has 2 heterocycles. The lowest BCUT2D eigenvalue weighted by Gasteiger charge is -2.25. The predicted molar refractivity (Wildman–Crippen MR) is 121 cm³/mol. The first-order valence-electron chi connectivity index (χ1n) is 10.7. The van der Waals surface area contributed by atoms with Crippen LogP contribution < -0.4 is 4.74 Å². The highest BCUT2D eigenvalue weighted by atomic mass is 19.1. The van der Waals surface area contributed by atoms with Gasteiger partial charge in [0.15, 0.2) is 0 Å². The topological polar surface area (TPSA) is 79.7 Å². The second-order valence-corrected chi connectivity index (χ2v) is 7.68. The molecule has 1 N–H and O–H groups in total. The van der Waals surface area contributed by atoms with Crippen molar-refractivity contribution in [2.24, 2.45) is 0 Å². The standard InChI is InChI=1S/C26H23FN2O4/c1-2-14-33-19-11-9-18(10-12-19)24(30)22-23(20-7-3-4-8-21(20)27)29(26(32)25(22)31)16-17-6-5-13-28-15-17/h3-13,15,23,30H,2,14,16H2,1H3/b24-22-. The van der Waals surface area contributed by atoms with Crippen LogP contribution in [0.5, 0.6) is 5.75 Å². The number of pyridine rings is 1. The molecule has 3 aromatic rings. The van der Waals surface area contributed by atoms with E-state index in [1.807, 2.05) is 6.92 Å². The largest absolute Gasteiger partial charge is 0.507 e. The minimum absolute atomic E-state index is 0.0397. The molecule has 1 saturated heterocycles. The summed E-state index contributed by atoms with van der Waals surface area (Å²) in [6.07, 6.45) is 4.03. The van der Waals surface area contributed by atoms with Gasteiger partial charge < -0.3 is 14.7 Å². The number of hydrogen-bond acceptors (Lipinski definition) is 5. The van der Waals surface area contributed by atoms with Crippen molar-refractivity contribution in [1.29, 1.82) is 0 Å². The zero-order valence-corrected chi connectivity index (χ0v) is 18.1. The molecule has 0 spiro atoms. The molecule has 168 valence electrons. The highest BCUT2D eigenvalue weighted by Crippen LogP contribution is 2.41. The van der Waals surface area contributed by atoms with E-state index in [9.17, 15) is 19.1 Å². The van der Waals surface area contributed by atoms with Crippen molar-refractivity contribution in [2.45, 2.75) is 25.9 Å². The van der Waals surface area contributed by atoms with E-state index in [1.54, 1.807) is 54.9 Å². The molecule has 33 heavy (non-hydrogen) atoms. The number of ether oxygens (including phenoxy) is 1. The second-order valence-electron chi connectivity index (χ2n) is 7.68. The summed E-state index contributed by atoms with van der Waals surface area (Å²) in [6.45, 7) is 2.59. The molecule has 1 atom stereocenters. The number of hydrogen-bond donors (Lipinski definition) is 1. The summed E-state index contributed by atoms with van der Waals surface area (Å²) in [5.41, 5.74) is 0.985. The number of rotatable bonds is 7. The molecule has 1 aliphatic rings. The van der Waals surface area contributed by atoms with E-state index in [-0.39, 0.29) is 23.4 Å². The van der Waals surface area contributed by atoms with E-state index in [0.29, 0.717) is 23.5 Å². The van der Waals surface area contributed by atoms with E-state index in [4.69, 9.17) is 4.74 Å². The summed E-state index contributed by atoms with van der Waals surface area (Å²) in [5.74, 6) is -1.99. The maximum atomic E-state index is 14.8. The van der Waals surface area contributed by atoms with Crippen molar-refractivity contribution in [3.63, 3.8) is 0 Å². The van der Waals surface area contributed by atoms with Crippen LogP contribution in [0.4, 0.5) is 4.39 Å². The van der Waals surface area contributed by atoms with Crippen LogP contribution in [0.15, 0.2) is 78.6 Å². The number of nitrogens with zero attached hydrogens (tertiary/aromatic N) is 2. The van der Waals surface area contributed by atoms with Gasteiger partial charge in [-0.05, 0) is 48.4 Å². The molecule has 0 saturated carbocycles. The monoisotopic (exact) mass is 446 g/mol. The molecule has 1 unspecified atom stereocenters. The summed E-state index contributed by atoms with van der Waals surface area (Å²) in [5, 5.41) is 11.1. The predicted octanol–water partition coefficient (Wildman–Crippen LogP) is 4.63. The molecule has 0 aliphatic carbocycles. The average Bonchev–Trinajstić information content (AvgIpc) is 3.08. The van der Waals surface area contributed by atoms with Crippen molar-refractivity contribution in [3.05, 3.63) is 101 Å². The Kier molecular flexibility index (Phi) is 6.49. The number of Topliss-reactive ketones (excluding diaryl/α,β-unsaturated/α-hetero) is 1. The number of ketones is 1. The van der Waals surface area contributed by atoms with Crippen LogP contribution in [-0.4, -0.2) is 33.3 Å². The van der Waals surface area contributed by atoms with E-state index in [2.05, 4.69) is 4.98 Å². The Morgan fingerprint density at radius 3 is 2.52 bits per heavy atom. The van der Waals surface area contributed by atoms with Crippen LogP contribution in [-0.2, 0) is 16.1 Å². The SMILES string of the molecule is CCCOc1ccc(/C(O)=C2/C(=O)C(=O)N(Cc3cccnc3)C2c2ccccc2F)cc1. The number of aliphatic hydroxyl groups excluding tert-OH is 1. The highest BCUT2D eigenvalue weighted by molar-refractivity contribution is 6.46. The van der Waals surface area contributed by atoms with Crippen LogP contribution in [0.1, 0.15) is 36.1 Å². The fraction of sp³-hybridized carbons (Fsp3) is 0.192. The van der Waals surface area contributed by atoms with Gasteiger partial charge in [0.1, 0.15) is 17.3 Å². The first-order valence-corrected chi connectivity index (χ1v) is 10.7. The van der Waals surface area contributed by atoms with Gasteiger partial charge in [-0.15, -0.1) is 0 Å². The molecule has 1 amide bonds. The van der Waals surface area contributed by atoms with E-state index in [1.165, 1.54) is 23.1 Å². The lowest BCUT2D eigenvalue weighted by Crippen LogP contribution is -2.29. The van der Waals surface area contributed by atoms with Crippen LogP contribution in [0.25, 0.3) is 5.76 Å². The number of aliphatic hydroxyl groups is 1. The smallest absolute Gasteiger partial charge is 0.295 e. The lowest BCUT2D eigenvalue weighted by molar-refractivity contribution is -0.140. The third-order valence-electron chi connectivity index (χ3n) is 5.42. The zero-order chi connectivity index (χ0) is 23.4. The molecular weight excluding hydrogens is 423 g/mol. The van der Waals surface area contributed by atoms with Gasteiger partial charge in [0.05, 0.1) is 18.2 Å². The Balaban J connectivity index is 1.80. The van der Waals surface area contributed by atoms with E-state index < -0.39 is 23.5 Å². The molecule has 0 bridgehead atoms. The third kappa shape index (κ3) is 4.48. The minimum Gasteiger partial charge on any atom is -0.507 e. The highest BCUT2D eigenvalue weighted by Gasteiger charge is 2.46. The number of amides is 1. The van der Waals surface area contributed by atoms with Gasteiger partial charge in [-0.2, -0.15) is 0 Å². The number of aromatic nitrogens is 1. The maximum Gasteiger partial charge on any atom is 0.295 e. The molecule has 4 rings (SSSR count). The molecule has 6 nitrogen and oxygen atoms in total. The van der Waals surface area contributed by atoms with Gasteiger partial charge in [-0.1, -0.05) is 31.2 Å². The van der Waals surface area contributed by atoms with Gasteiger partial charge >= 0.3 is 0 Å². The molecule has 2 aromatic carbocycles. The van der Waals surface area contributed by atoms with Crippen LogP contribution in [0, 0.1) is 5.82 Å². The summed E-state index contributed by atoms with van der Waals surface area (Å²) < 4.78 is 20.4.